The fourth-order valence-electron chi connectivity index (χ4n) is 1.58. The summed E-state index contributed by atoms with van der Waals surface area (Å²) in [6, 6.07) is 4.52. The van der Waals surface area contributed by atoms with Gasteiger partial charge in [0.15, 0.2) is 5.34 Å². The minimum atomic E-state index is -3.73. The average Bonchev–Trinajstić information content (AvgIpc) is 2.33. The predicted octanol–water partition coefficient (Wildman–Crippen LogP) is 4.42. The van der Waals surface area contributed by atoms with Crippen molar-refractivity contribution in [2.24, 2.45) is 0 Å². The molecule has 4 nitrogen and oxygen atoms in total. The second-order valence-corrected chi connectivity index (χ2v) is 7.18. The quantitative estimate of drug-likeness (QED) is 0.786. The van der Waals surface area contributed by atoms with E-state index < -0.39 is 12.9 Å². The van der Waals surface area contributed by atoms with E-state index in [1.54, 1.807) is 19.9 Å². The molecule has 0 bridgehead atoms. The Morgan fingerprint density at radius 3 is 2.16 bits per heavy atom. The van der Waals surface area contributed by atoms with Crippen molar-refractivity contribution in [1.29, 1.82) is 0 Å². The highest BCUT2D eigenvalue weighted by atomic mass is 35.5. The first kappa shape index (κ1) is 17.0. The van der Waals surface area contributed by atoms with Crippen molar-refractivity contribution in [3.8, 4) is 0 Å². The van der Waals surface area contributed by atoms with Gasteiger partial charge in [-0.1, -0.05) is 29.3 Å². The summed E-state index contributed by atoms with van der Waals surface area (Å²) in [5, 5.41) is 9.38. The van der Waals surface area contributed by atoms with E-state index in [4.69, 9.17) is 32.2 Å². The lowest BCUT2D eigenvalue weighted by atomic mass is 10.1. The van der Waals surface area contributed by atoms with Crippen molar-refractivity contribution in [3.63, 3.8) is 0 Å². The smallest absolute Gasteiger partial charge is 0.366 e. The van der Waals surface area contributed by atoms with Crippen molar-refractivity contribution in [3.05, 3.63) is 33.8 Å². The van der Waals surface area contributed by atoms with Crippen LogP contribution < -0.4 is 0 Å². The maximum atomic E-state index is 12.7. The van der Waals surface area contributed by atoms with Crippen LogP contribution in [0.2, 0.25) is 10.0 Å². The van der Waals surface area contributed by atoms with Crippen LogP contribution in [0.3, 0.4) is 0 Å². The van der Waals surface area contributed by atoms with Crippen LogP contribution in [0.4, 0.5) is 0 Å². The molecule has 0 saturated heterocycles. The fraction of sp³-hybridized carbons (Fsp3) is 0.500. The summed E-state index contributed by atoms with van der Waals surface area (Å²) >= 11 is 11.7. The molecule has 0 amide bonds. The second kappa shape index (κ2) is 6.57. The summed E-state index contributed by atoms with van der Waals surface area (Å²) in [5.41, 5.74) is 0.326. The molecule has 1 aromatic carbocycles. The number of halogens is 2. The molecule has 0 aliphatic carbocycles. The van der Waals surface area contributed by atoms with E-state index in [-0.39, 0.29) is 18.2 Å². The van der Waals surface area contributed by atoms with Gasteiger partial charge in [0.05, 0.1) is 23.3 Å². The van der Waals surface area contributed by atoms with Crippen LogP contribution in [0.1, 0.15) is 26.3 Å². The average molecular weight is 327 g/mol. The molecule has 1 N–H and O–H groups in total. The van der Waals surface area contributed by atoms with Gasteiger partial charge in [-0.2, -0.15) is 0 Å². The van der Waals surface area contributed by atoms with Crippen LogP contribution >= 0.6 is 30.8 Å². The Morgan fingerprint density at radius 2 is 1.74 bits per heavy atom. The Morgan fingerprint density at radius 1 is 1.21 bits per heavy atom. The van der Waals surface area contributed by atoms with Crippen LogP contribution in [-0.2, 0) is 19.0 Å². The van der Waals surface area contributed by atoms with Gasteiger partial charge in [-0.3, -0.25) is 4.57 Å². The molecular formula is C12H17Cl2O4P. The first-order valence-corrected chi connectivity index (χ1v) is 8.15. The Balaban J connectivity index is 3.25. The number of aliphatic hydroxyl groups is 1. The minimum absolute atomic E-state index is 0.161. The van der Waals surface area contributed by atoms with Gasteiger partial charge in [-0.05, 0) is 38.5 Å². The van der Waals surface area contributed by atoms with Crippen LogP contribution in [-0.4, -0.2) is 18.3 Å². The third kappa shape index (κ3) is 3.52. The highest BCUT2D eigenvalue weighted by molar-refractivity contribution is 7.54. The van der Waals surface area contributed by atoms with Crippen molar-refractivity contribution in [1.82, 2.24) is 0 Å². The zero-order chi connectivity index (χ0) is 14.7. The molecule has 0 aromatic heterocycles. The van der Waals surface area contributed by atoms with E-state index >= 15 is 0 Å². The standard InChI is InChI=1S/C12H17Cl2O4P/c1-4-17-19(16,18-5-2)12(3,15)9-6-7-10(13)11(14)8-9/h6-8,15H,4-5H2,1-3H3. The molecule has 1 aromatic rings. The molecule has 19 heavy (non-hydrogen) atoms. The van der Waals surface area contributed by atoms with Crippen LogP contribution in [0.15, 0.2) is 18.2 Å². The van der Waals surface area contributed by atoms with E-state index in [9.17, 15) is 9.67 Å². The molecule has 0 heterocycles. The van der Waals surface area contributed by atoms with E-state index in [1.165, 1.54) is 19.1 Å². The molecule has 7 heteroatoms. The zero-order valence-electron chi connectivity index (χ0n) is 11.0. The Bertz CT molecular complexity index is 481. The molecule has 1 atom stereocenters. The molecule has 1 unspecified atom stereocenters. The van der Waals surface area contributed by atoms with Gasteiger partial charge in [-0.25, -0.2) is 0 Å². The predicted molar refractivity (Wildman–Crippen MR) is 76.9 cm³/mol. The Kier molecular flexibility index (Phi) is 5.87. The van der Waals surface area contributed by atoms with Gasteiger partial charge in [-0.15, -0.1) is 0 Å². The highest BCUT2D eigenvalue weighted by Crippen LogP contribution is 2.63. The summed E-state index contributed by atoms with van der Waals surface area (Å²) in [7, 11) is -3.73. The topological polar surface area (TPSA) is 55.8 Å². The maximum Gasteiger partial charge on any atom is 0.366 e. The van der Waals surface area contributed by atoms with E-state index in [0.717, 1.165) is 0 Å². The summed E-state index contributed by atoms with van der Waals surface area (Å²) in [6.45, 7) is 5.05. The van der Waals surface area contributed by atoms with Gasteiger partial charge >= 0.3 is 7.60 Å². The number of hydrogen-bond acceptors (Lipinski definition) is 4. The molecule has 108 valence electrons. The highest BCUT2D eigenvalue weighted by Gasteiger charge is 2.47. The Labute approximate surface area is 123 Å². The third-order valence-electron chi connectivity index (χ3n) is 2.60. The summed E-state index contributed by atoms with van der Waals surface area (Å²) < 4.78 is 23.0. The molecule has 0 aliphatic rings. The first-order valence-electron chi connectivity index (χ1n) is 5.85. The molecule has 0 aliphatic heterocycles. The lowest BCUT2D eigenvalue weighted by Crippen LogP contribution is -2.24. The van der Waals surface area contributed by atoms with Crippen LogP contribution in [0.25, 0.3) is 0 Å². The Hall–Kier alpha value is -0.0900. The third-order valence-corrected chi connectivity index (χ3v) is 5.86. The zero-order valence-corrected chi connectivity index (χ0v) is 13.4. The summed E-state index contributed by atoms with van der Waals surface area (Å²) in [6.07, 6.45) is 0. The van der Waals surface area contributed by atoms with Crippen molar-refractivity contribution < 1.29 is 18.7 Å². The molecule has 0 spiro atoms. The number of hydrogen-bond donors (Lipinski definition) is 1. The lowest BCUT2D eigenvalue weighted by Gasteiger charge is -2.31. The number of benzene rings is 1. The molecule has 1 rings (SSSR count). The van der Waals surface area contributed by atoms with Gasteiger partial charge in [0, 0.05) is 0 Å². The molecule has 0 saturated carbocycles. The van der Waals surface area contributed by atoms with Gasteiger partial charge < -0.3 is 14.2 Å². The monoisotopic (exact) mass is 326 g/mol. The second-order valence-electron chi connectivity index (χ2n) is 3.98. The van der Waals surface area contributed by atoms with E-state index in [2.05, 4.69) is 0 Å². The van der Waals surface area contributed by atoms with Crippen molar-refractivity contribution >= 4 is 30.8 Å². The minimum Gasteiger partial charge on any atom is -0.373 e. The maximum absolute atomic E-state index is 12.7. The van der Waals surface area contributed by atoms with Crippen molar-refractivity contribution in [2.45, 2.75) is 26.1 Å². The molecular weight excluding hydrogens is 310 g/mol. The summed E-state index contributed by atoms with van der Waals surface area (Å²) in [4.78, 5) is 0. The van der Waals surface area contributed by atoms with E-state index in [1.807, 2.05) is 0 Å². The number of rotatable bonds is 6. The van der Waals surface area contributed by atoms with E-state index in [0.29, 0.717) is 10.6 Å². The molecule has 0 fully saturated rings. The van der Waals surface area contributed by atoms with Crippen LogP contribution in [0, 0.1) is 0 Å². The largest absolute Gasteiger partial charge is 0.373 e. The lowest BCUT2D eigenvalue weighted by molar-refractivity contribution is 0.0802. The SMILES string of the molecule is CCOP(=O)(OCC)C(C)(O)c1ccc(Cl)c(Cl)c1. The normalized spacial score (nSPS) is 15.3. The summed E-state index contributed by atoms with van der Waals surface area (Å²) in [5.74, 6) is 0. The van der Waals surface area contributed by atoms with Crippen molar-refractivity contribution in [2.75, 3.05) is 13.2 Å². The van der Waals surface area contributed by atoms with Gasteiger partial charge in [0.2, 0.25) is 0 Å². The first-order chi connectivity index (χ1) is 8.78. The molecule has 0 radical (unpaired) electrons. The van der Waals surface area contributed by atoms with Crippen LogP contribution in [0.5, 0.6) is 0 Å². The van der Waals surface area contributed by atoms with Gasteiger partial charge in [0.1, 0.15) is 0 Å². The fourth-order valence-corrected chi connectivity index (χ4v) is 3.59. The van der Waals surface area contributed by atoms with Gasteiger partial charge in [0.25, 0.3) is 0 Å².